The lowest BCUT2D eigenvalue weighted by Crippen LogP contribution is -2.25. The second-order valence-corrected chi connectivity index (χ2v) is 5.80. The highest BCUT2D eigenvalue weighted by molar-refractivity contribution is 6.03. The number of rotatable bonds is 4. The van der Waals surface area contributed by atoms with Crippen LogP contribution in [-0.2, 0) is 7.05 Å². The first-order valence-electron chi connectivity index (χ1n) is 7.90. The topological polar surface area (TPSA) is 75.6 Å². The Morgan fingerprint density at radius 3 is 2.92 bits per heavy atom. The number of carbonyl (C=O) groups excluding carboxylic acids is 1. The molecule has 0 bridgehead atoms. The van der Waals surface area contributed by atoms with E-state index in [-0.39, 0.29) is 12.5 Å². The third-order valence-corrected chi connectivity index (χ3v) is 4.18. The quantitative estimate of drug-likeness (QED) is 0.601. The van der Waals surface area contributed by atoms with E-state index in [1.165, 1.54) is 0 Å². The Labute approximate surface area is 142 Å². The largest absolute Gasteiger partial charge is 0.350 e. The van der Waals surface area contributed by atoms with Gasteiger partial charge in [0, 0.05) is 54.2 Å². The second kappa shape index (κ2) is 6.01. The van der Waals surface area contributed by atoms with Gasteiger partial charge in [0.15, 0.2) is 5.65 Å². The molecule has 0 aliphatic rings. The van der Waals surface area contributed by atoms with E-state index in [1.54, 1.807) is 18.5 Å². The van der Waals surface area contributed by atoms with Gasteiger partial charge in [0.2, 0.25) is 0 Å². The first kappa shape index (κ1) is 15.3. The number of aryl methyl sites for hydroxylation is 1. The minimum Gasteiger partial charge on any atom is -0.350 e. The number of alkyl halides is 1. The fraction of sp³-hybridized carbons (Fsp3) is 0.167. The van der Waals surface area contributed by atoms with Crippen LogP contribution >= 0.6 is 0 Å². The molecule has 25 heavy (non-hydrogen) atoms. The lowest BCUT2D eigenvalue weighted by Gasteiger charge is -2.04. The summed E-state index contributed by atoms with van der Waals surface area (Å²) in [5, 5.41) is 3.48. The maximum absolute atomic E-state index is 12.3. The smallest absolute Gasteiger partial charge is 0.251 e. The Kier molecular flexibility index (Phi) is 3.68. The van der Waals surface area contributed by atoms with Crippen LogP contribution in [0.4, 0.5) is 4.39 Å². The average molecular weight is 337 g/mol. The zero-order valence-corrected chi connectivity index (χ0v) is 13.6. The molecule has 4 rings (SSSR count). The monoisotopic (exact) mass is 337 g/mol. The third-order valence-electron chi connectivity index (χ3n) is 4.18. The molecule has 0 radical (unpaired) electrons. The lowest BCUT2D eigenvalue weighted by atomic mass is 10.1. The summed E-state index contributed by atoms with van der Waals surface area (Å²) >= 11 is 0. The molecule has 0 aliphatic carbocycles. The molecule has 3 aromatic heterocycles. The Morgan fingerprint density at radius 1 is 1.28 bits per heavy atom. The van der Waals surface area contributed by atoms with E-state index in [0.717, 1.165) is 27.7 Å². The van der Waals surface area contributed by atoms with Crippen LogP contribution in [0.5, 0.6) is 0 Å². The molecular weight excluding hydrogens is 321 g/mol. The molecule has 7 heteroatoms. The van der Waals surface area contributed by atoms with Crippen molar-refractivity contribution in [3.63, 3.8) is 0 Å². The summed E-state index contributed by atoms with van der Waals surface area (Å²) in [7, 11) is 1.95. The van der Waals surface area contributed by atoms with Crippen molar-refractivity contribution < 1.29 is 9.18 Å². The number of aromatic nitrogens is 4. The van der Waals surface area contributed by atoms with E-state index in [2.05, 4.69) is 20.3 Å². The van der Waals surface area contributed by atoms with Crippen LogP contribution < -0.4 is 5.32 Å². The molecule has 0 saturated heterocycles. The molecule has 0 saturated carbocycles. The van der Waals surface area contributed by atoms with Crippen molar-refractivity contribution in [2.45, 2.75) is 0 Å². The van der Waals surface area contributed by atoms with Gasteiger partial charge in [-0.2, -0.15) is 0 Å². The highest BCUT2D eigenvalue weighted by atomic mass is 19.1. The van der Waals surface area contributed by atoms with Crippen LogP contribution in [-0.4, -0.2) is 38.6 Å². The Bertz CT molecular complexity index is 1050. The van der Waals surface area contributed by atoms with Gasteiger partial charge in [-0.05, 0) is 24.3 Å². The Balaban J connectivity index is 1.84. The van der Waals surface area contributed by atoms with Crippen LogP contribution in [0, 0.1) is 0 Å². The molecule has 3 heterocycles. The molecule has 126 valence electrons. The van der Waals surface area contributed by atoms with Gasteiger partial charge < -0.3 is 14.9 Å². The van der Waals surface area contributed by atoms with Gasteiger partial charge in [-0.25, -0.2) is 9.37 Å². The van der Waals surface area contributed by atoms with Gasteiger partial charge in [0.05, 0.1) is 5.69 Å². The number of benzene rings is 1. The summed E-state index contributed by atoms with van der Waals surface area (Å²) < 4.78 is 14.3. The standard InChI is InChI=1S/C18H16FN5O/c1-24-10-13(14-9-15-17(23-14)21-7-6-20-15)12-8-11(2-3-16(12)24)18(25)22-5-4-19/h2-3,6-10H,4-5H2,1H3,(H,21,23)(H,22,25). The highest BCUT2D eigenvalue weighted by Crippen LogP contribution is 2.31. The molecule has 0 aliphatic heterocycles. The maximum atomic E-state index is 12.3. The van der Waals surface area contributed by atoms with E-state index in [1.807, 2.05) is 36.0 Å². The first-order chi connectivity index (χ1) is 12.2. The molecule has 2 N–H and O–H groups in total. The SMILES string of the molecule is Cn1cc(-c2cc3nccnc3[nH]2)c2cc(C(=O)NCCF)ccc21. The van der Waals surface area contributed by atoms with Gasteiger partial charge in [0.25, 0.3) is 5.91 Å². The van der Waals surface area contributed by atoms with Gasteiger partial charge in [-0.15, -0.1) is 0 Å². The Morgan fingerprint density at radius 2 is 2.12 bits per heavy atom. The predicted octanol–water partition coefficient (Wildman–Crippen LogP) is 2.82. The van der Waals surface area contributed by atoms with Crippen LogP contribution in [0.1, 0.15) is 10.4 Å². The minimum absolute atomic E-state index is 0.0118. The van der Waals surface area contributed by atoms with Gasteiger partial charge in [-0.1, -0.05) is 0 Å². The van der Waals surface area contributed by atoms with Crippen molar-refractivity contribution in [3.8, 4) is 11.3 Å². The summed E-state index contributed by atoms with van der Waals surface area (Å²) in [6, 6.07) is 7.40. The van der Waals surface area contributed by atoms with Crippen LogP contribution in [0.15, 0.2) is 42.9 Å². The van der Waals surface area contributed by atoms with Gasteiger partial charge >= 0.3 is 0 Å². The molecule has 1 amide bonds. The molecule has 4 aromatic rings. The summed E-state index contributed by atoms with van der Waals surface area (Å²) in [5.74, 6) is -0.283. The summed E-state index contributed by atoms with van der Waals surface area (Å²) in [6.07, 6.45) is 5.29. The summed E-state index contributed by atoms with van der Waals surface area (Å²) in [5.41, 5.74) is 4.83. The van der Waals surface area contributed by atoms with E-state index in [9.17, 15) is 9.18 Å². The second-order valence-electron chi connectivity index (χ2n) is 5.80. The normalized spacial score (nSPS) is 11.3. The zero-order valence-electron chi connectivity index (χ0n) is 13.6. The van der Waals surface area contributed by atoms with Crippen molar-refractivity contribution in [1.82, 2.24) is 24.8 Å². The number of H-pyrrole nitrogens is 1. The van der Waals surface area contributed by atoms with Crippen LogP contribution in [0.2, 0.25) is 0 Å². The molecule has 0 unspecified atom stereocenters. The van der Waals surface area contributed by atoms with Crippen molar-refractivity contribution >= 4 is 28.0 Å². The number of hydrogen-bond donors (Lipinski definition) is 2. The van der Waals surface area contributed by atoms with Gasteiger partial charge in [-0.3, -0.25) is 9.78 Å². The lowest BCUT2D eigenvalue weighted by molar-refractivity contribution is 0.0951. The van der Waals surface area contributed by atoms with Crippen molar-refractivity contribution in [2.24, 2.45) is 7.05 Å². The number of carbonyl (C=O) groups is 1. The van der Waals surface area contributed by atoms with Crippen LogP contribution in [0.25, 0.3) is 33.3 Å². The summed E-state index contributed by atoms with van der Waals surface area (Å²) in [6.45, 7) is -0.572. The van der Waals surface area contributed by atoms with Crippen molar-refractivity contribution in [2.75, 3.05) is 13.2 Å². The molecule has 6 nitrogen and oxygen atoms in total. The average Bonchev–Trinajstić information content (AvgIpc) is 3.20. The molecule has 1 aromatic carbocycles. The number of nitrogens with one attached hydrogen (secondary N) is 2. The molecule has 0 atom stereocenters. The van der Waals surface area contributed by atoms with E-state index in [4.69, 9.17) is 0 Å². The fourth-order valence-electron chi connectivity index (χ4n) is 3.01. The van der Waals surface area contributed by atoms with Gasteiger partial charge in [0.1, 0.15) is 12.2 Å². The molecular formula is C18H16FN5O. The minimum atomic E-state index is -0.584. The number of fused-ring (bicyclic) bond motifs is 2. The number of hydrogen-bond acceptors (Lipinski definition) is 3. The van der Waals surface area contributed by atoms with Crippen molar-refractivity contribution in [3.05, 3.63) is 48.4 Å². The van der Waals surface area contributed by atoms with E-state index in [0.29, 0.717) is 11.2 Å². The van der Waals surface area contributed by atoms with Crippen LogP contribution in [0.3, 0.4) is 0 Å². The van der Waals surface area contributed by atoms with Crippen molar-refractivity contribution in [1.29, 1.82) is 0 Å². The van der Waals surface area contributed by atoms with E-state index >= 15 is 0 Å². The fourth-order valence-corrected chi connectivity index (χ4v) is 3.01. The maximum Gasteiger partial charge on any atom is 0.251 e. The Hall–Kier alpha value is -3.22. The number of aromatic amines is 1. The third kappa shape index (κ3) is 2.63. The number of halogens is 1. The predicted molar refractivity (Wildman–Crippen MR) is 94.1 cm³/mol. The summed E-state index contributed by atoms with van der Waals surface area (Å²) in [4.78, 5) is 24.0. The zero-order chi connectivity index (χ0) is 17.4. The number of nitrogens with zero attached hydrogens (tertiary/aromatic N) is 3. The highest BCUT2D eigenvalue weighted by Gasteiger charge is 2.14. The first-order valence-corrected chi connectivity index (χ1v) is 7.90. The van der Waals surface area contributed by atoms with E-state index < -0.39 is 6.67 Å². The number of amides is 1. The molecule has 0 fully saturated rings. The molecule has 0 spiro atoms.